The van der Waals surface area contributed by atoms with Crippen LogP contribution in [0.1, 0.15) is 81.3 Å². The molecule has 1 aromatic rings. The van der Waals surface area contributed by atoms with Gasteiger partial charge in [-0.25, -0.2) is 0 Å². The van der Waals surface area contributed by atoms with Crippen molar-refractivity contribution < 1.29 is 20.1 Å². The molecule has 3 N–H and O–H groups in total. The number of aromatic hydroxyl groups is 3. The average Bonchev–Trinajstić information content (AvgIpc) is 2.50. The van der Waals surface area contributed by atoms with Gasteiger partial charge in [-0.3, -0.25) is 4.79 Å². The van der Waals surface area contributed by atoms with E-state index in [2.05, 4.69) is 13.8 Å². The minimum Gasteiger partial charge on any atom is -0.507 e. The van der Waals surface area contributed by atoms with Gasteiger partial charge in [0.15, 0.2) is 17.3 Å². The summed E-state index contributed by atoms with van der Waals surface area (Å²) in [7, 11) is 0. The second kappa shape index (κ2) is 5.27. The molecule has 0 spiro atoms. The van der Waals surface area contributed by atoms with Gasteiger partial charge in [0, 0.05) is 23.0 Å². The van der Waals surface area contributed by atoms with Crippen molar-refractivity contribution >= 4 is 5.78 Å². The number of rotatable bonds is 1. The van der Waals surface area contributed by atoms with Gasteiger partial charge < -0.3 is 15.3 Å². The SMILES string of the molecule is CC1=C(C)C2CC(=O)c3c(O)c(C(C)C)c(O)c(O)c3C2(C)CC1. The molecule has 2 aliphatic carbocycles. The number of hydrogen-bond donors (Lipinski definition) is 3. The number of carbonyl (C=O) groups excluding carboxylic acids is 1. The van der Waals surface area contributed by atoms with E-state index >= 15 is 0 Å². The largest absolute Gasteiger partial charge is 0.507 e. The molecule has 2 aliphatic rings. The van der Waals surface area contributed by atoms with Crippen molar-refractivity contribution in [1.29, 1.82) is 0 Å². The number of benzene rings is 1. The lowest BCUT2D eigenvalue weighted by Gasteiger charge is -2.47. The van der Waals surface area contributed by atoms with Gasteiger partial charge in [-0.2, -0.15) is 0 Å². The summed E-state index contributed by atoms with van der Waals surface area (Å²) < 4.78 is 0. The van der Waals surface area contributed by atoms with Crippen molar-refractivity contribution in [2.75, 3.05) is 0 Å². The molecule has 3 rings (SSSR count). The Balaban J connectivity index is 2.37. The van der Waals surface area contributed by atoms with E-state index < -0.39 is 5.41 Å². The Hall–Kier alpha value is -1.97. The van der Waals surface area contributed by atoms with E-state index in [1.54, 1.807) is 0 Å². The quantitative estimate of drug-likeness (QED) is 0.402. The van der Waals surface area contributed by atoms with E-state index in [9.17, 15) is 20.1 Å². The fourth-order valence-corrected chi connectivity index (χ4v) is 4.66. The molecule has 4 heteroatoms. The highest BCUT2D eigenvalue weighted by Crippen LogP contribution is 2.59. The molecule has 0 saturated heterocycles. The first kappa shape index (κ1) is 16.9. The lowest BCUT2D eigenvalue weighted by Crippen LogP contribution is -2.42. The molecule has 130 valence electrons. The Morgan fingerprint density at radius 3 is 2.29 bits per heavy atom. The number of carbonyl (C=O) groups is 1. The maximum absolute atomic E-state index is 12.8. The second-order valence-electron chi connectivity index (χ2n) is 7.92. The van der Waals surface area contributed by atoms with Crippen LogP contribution in [0, 0.1) is 5.92 Å². The lowest BCUT2D eigenvalue weighted by molar-refractivity contribution is 0.0904. The monoisotopic (exact) mass is 330 g/mol. The van der Waals surface area contributed by atoms with Gasteiger partial charge in [0.05, 0.1) is 5.56 Å². The van der Waals surface area contributed by atoms with Crippen LogP contribution < -0.4 is 0 Å². The minimum absolute atomic E-state index is 0.000787. The number of hydrogen-bond acceptors (Lipinski definition) is 4. The van der Waals surface area contributed by atoms with E-state index in [-0.39, 0.29) is 46.0 Å². The number of phenols is 3. The van der Waals surface area contributed by atoms with Gasteiger partial charge in [-0.05, 0) is 38.5 Å². The molecule has 0 fully saturated rings. The van der Waals surface area contributed by atoms with Crippen LogP contribution in [-0.4, -0.2) is 21.1 Å². The van der Waals surface area contributed by atoms with Crippen LogP contribution in [0.3, 0.4) is 0 Å². The highest BCUT2D eigenvalue weighted by Gasteiger charge is 2.50. The van der Waals surface area contributed by atoms with E-state index in [0.29, 0.717) is 12.0 Å². The number of fused-ring (bicyclic) bond motifs is 3. The predicted octanol–water partition coefficient (Wildman–Crippen LogP) is 4.52. The van der Waals surface area contributed by atoms with Gasteiger partial charge in [0.2, 0.25) is 0 Å². The Kier molecular flexibility index (Phi) is 3.70. The first-order valence-corrected chi connectivity index (χ1v) is 8.61. The van der Waals surface area contributed by atoms with Crippen LogP contribution in [-0.2, 0) is 5.41 Å². The topological polar surface area (TPSA) is 77.8 Å². The van der Waals surface area contributed by atoms with Crippen molar-refractivity contribution in [2.45, 2.75) is 65.2 Å². The fraction of sp³-hybridized carbons (Fsp3) is 0.550. The van der Waals surface area contributed by atoms with E-state index in [0.717, 1.165) is 12.8 Å². The normalized spacial score (nSPS) is 26.6. The third-order valence-electron chi connectivity index (χ3n) is 6.26. The number of phenolic OH excluding ortho intramolecular Hbond substituents is 3. The molecule has 0 aromatic heterocycles. The summed E-state index contributed by atoms with van der Waals surface area (Å²) in [5.41, 5.74) is 2.91. The average molecular weight is 330 g/mol. The smallest absolute Gasteiger partial charge is 0.167 e. The van der Waals surface area contributed by atoms with Crippen molar-refractivity contribution in [3.8, 4) is 17.2 Å². The van der Waals surface area contributed by atoms with Crippen LogP contribution in [0.4, 0.5) is 0 Å². The van der Waals surface area contributed by atoms with E-state index in [1.807, 2.05) is 20.8 Å². The van der Waals surface area contributed by atoms with Crippen molar-refractivity contribution in [3.05, 3.63) is 27.8 Å². The predicted molar refractivity (Wildman–Crippen MR) is 92.9 cm³/mol. The van der Waals surface area contributed by atoms with Gasteiger partial charge in [-0.1, -0.05) is 31.9 Å². The highest BCUT2D eigenvalue weighted by molar-refractivity contribution is 6.04. The third-order valence-corrected chi connectivity index (χ3v) is 6.26. The van der Waals surface area contributed by atoms with Crippen molar-refractivity contribution in [3.63, 3.8) is 0 Å². The molecular formula is C20H26O4. The maximum atomic E-state index is 12.8. The molecule has 24 heavy (non-hydrogen) atoms. The number of Topliss-reactive ketones (excluding diaryl/α,β-unsaturated/α-hetero) is 1. The fourth-order valence-electron chi connectivity index (χ4n) is 4.66. The Bertz CT molecular complexity index is 773. The Morgan fingerprint density at radius 2 is 1.71 bits per heavy atom. The van der Waals surface area contributed by atoms with Gasteiger partial charge in [0.1, 0.15) is 5.75 Å². The molecule has 0 heterocycles. The molecule has 2 atom stereocenters. The van der Waals surface area contributed by atoms with Gasteiger partial charge in [-0.15, -0.1) is 0 Å². The van der Waals surface area contributed by atoms with Gasteiger partial charge in [0.25, 0.3) is 0 Å². The molecule has 0 bridgehead atoms. The Morgan fingerprint density at radius 1 is 1.08 bits per heavy atom. The maximum Gasteiger partial charge on any atom is 0.167 e. The minimum atomic E-state index is -0.457. The van der Waals surface area contributed by atoms with Crippen molar-refractivity contribution in [2.24, 2.45) is 5.92 Å². The summed E-state index contributed by atoms with van der Waals surface area (Å²) >= 11 is 0. The molecule has 0 aliphatic heterocycles. The molecule has 0 radical (unpaired) electrons. The first-order valence-electron chi connectivity index (χ1n) is 8.61. The Labute approximate surface area is 142 Å². The summed E-state index contributed by atoms with van der Waals surface area (Å²) in [6, 6.07) is 0. The molecule has 1 aromatic carbocycles. The summed E-state index contributed by atoms with van der Waals surface area (Å²) in [6.45, 7) is 9.80. The summed E-state index contributed by atoms with van der Waals surface area (Å²) in [5.74, 6) is -1.05. The second-order valence-corrected chi connectivity index (χ2v) is 7.92. The third kappa shape index (κ3) is 2.01. The zero-order valence-corrected chi connectivity index (χ0v) is 15.0. The van der Waals surface area contributed by atoms with Gasteiger partial charge >= 0.3 is 0 Å². The van der Waals surface area contributed by atoms with Crippen LogP contribution in [0.2, 0.25) is 0 Å². The highest BCUT2D eigenvalue weighted by atomic mass is 16.3. The summed E-state index contributed by atoms with van der Waals surface area (Å²) in [5, 5.41) is 31.9. The van der Waals surface area contributed by atoms with E-state index in [1.165, 1.54) is 11.1 Å². The standard InChI is InChI=1S/C20H26O4/c1-9(2)14-17(22)15-13(21)8-12-11(4)10(3)6-7-20(12,5)16(15)19(24)18(14)23/h9,12,22-24H,6-8H2,1-5H3. The van der Waals surface area contributed by atoms with E-state index in [4.69, 9.17) is 0 Å². The molecule has 4 nitrogen and oxygen atoms in total. The van der Waals surface area contributed by atoms with Crippen LogP contribution in [0.25, 0.3) is 0 Å². The number of allylic oxidation sites excluding steroid dienone is 2. The zero-order valence-electron chi connectivity index (χ0n) is 15.0. The summed E-state index contributed by atoms with van der Waals surface area (Å²) in [4.78, 5) is 12.8. The summed E-state index contributed by atoms with van der Waals surface area (Å²) in [6.07, 6.45) is 2.01. The van der Waals surface area contributed by atoms with Crippen LogP contribution >= 0.6 is 0 Å². The molecule has 0 saturated carbocycles. The molecule has 2 unspecified atom stereocenters. The number of ketones is 1. The van der Waals surface area contributed by atoms with Crippen molar-refractivity contribution in [1.82, 2.24) is 0 Å². The molecular weight excluding hydrogens is 304 g/mol. The lowest BCUT2D eigenvalue weighted by atomic mass is 9.56. The molecule has 0 amide bonds. The first-order chi connectivity index (χ1) is 11.1. The zero-order chi connectivity index (χ0) is 18.0. The van der Waals surface area contributed by atoms with Crippen LogP contribution in [0.5, 0.6) is 17.2 Å². The van der Waals surface area contributed by atoms with Crippen LogP contribution in [0.15, 0.2) is 11.1 Å².